The van der Waals surface area contributed by atoms with Gasteiger partial charge in [0.1, 0.15) is 42.3 Å². The van der Waals surface area contributed by atoms with Gasteiger partial charge in [-0.1, -0.05) is 36.4 Å². The molecule has 0 aliphatic carbocycles. The van der Waals surface area contributed by atoms with Crippen LogP contribution in [0.1, 0.15) is 38.3 Å². The maximum absolute atomic E-state index is 15.5. The van der Waals surface area contributed by atoms with Crippen molar-refractivity contribution in [1.82, 2.24) is 96.0 Å². The van der Waals surface area contributed by atoms with Gasteiger partial charge in [0.15, 0.2) is 11.9 Å². The summed E-state index contributed by atoms with van der Waals surface area (Å²) in [5, 5.41) is 36.5. The number of carbonyl (C=O) groups is 8. The van der Waals surface area contributed by atoms with Crippen LogP contribution in [-0.4, -0.2) is 163 Å². The van der Waals surface area contributed by atoms with Crippen LogP contribution in [0.3, 0.4) is 0 Å². The molecule has 0 unspecified atom stereocenters. The van der Waals surface area contributed by atoms with E-state index in [1.54, 1.807) is 0 Å². The molecule has 0 fully saturated rings. The molecule has 0 saturated heterocycles. The first kappa shape index (κ1) is 72.5. The van der Waals surface area contributed by atoms with E-state index in [9.17, 15) is 62.3 Å². The highest BCUT2D eigenvalue weighted by molar-refractivity contribution is 5.98. The number of carbonyl (C=O) groups excluding carboxylic acids is 8. The Morgan fingerprint density at radius 3 is 1.21 bits per heavy atom. The quantitative estimate of drug-likeness (QED) is 0.0106. The normalized spacial score (nSPS) is 13.2. The summed E-state index contributed by atoms with van der Waals surface area (Å²) < 4.78 is 2.30. The number of nitrogens with zero attached hydrogens (tertiary/aromatic N) is 5. The fourth-order valence-corrected chi connectivity index (χ4v) is 10.5. The molecule has 0 aliphatic rings. The number of hydrogen-bond donors (Lipinski definition) is 19. The number of nitrogens with two attached hydrogens (primary N) is 3. The van der Waals surface area contributed by atoms with Crippen molar-refractivity contribution in [3.63, 3.8) is 0 Å². The number of benzene rings is 3. The van der Waals surface area contributed by atoms with E-state index < -0.39 is 179 Å². The molecule has 8 amide bonds. The Balaban J connectivity index is 1.21. The van der Waals surface area contributed by atoms with Crippen LogP contribution in [0.2, 0.25) is 0 Å². The third-order valence-corrected chi connectivity index (χ3v) is 15.5. The predicted molar refractivity (Wildman–Crippen MR) is 357 cm³/mol. The van der Waals surface area contributed by atoms with E-state index in [0.717, 1.165) is 23.8 Å². The number of guanidine groups is 2. The van der Waals surface area contributed by atoms with Crippen molar-refractivity contribution in [2.75, 3.05) is 13.1 Å². The SMILES string of the molecule is CC(=O)N[C@@H](CCCNC(=N)N)C(=O)N[C@H](Cn1ccc(=O)[nH]c1=O)C(=O)N[C@@H](Cc1c[nH]cn1)C(=O)N[C@H](Cn1c(=O)[nH]c2ccccc2c1=O)C(=O)N[C@H](Cn1c(=O)[nH]c2ccccc2c1=O)C(=O)N[C@H](Cn1c(=O)[nH]c2ccccc2c1=O)C(=O)N[C@@H](CCCNC(=N)N)C(N)=O. The van der Waals surface area contributed by atoms with Gasteiger partial charge in [-0.25, -0.2) is 24.2 Å². The van der Waals surface area contributed by atoms with Gasteiger partial charge in [-0.05, 0) is 62.1 Å². The monoisotopic (exact) mass is 1380 g/mol. The summed E-state index contributed by atoms with van der Waals surface area (Å²) in [6.07, 6.45) is 2.73. The molecule has 526 valence electrons. The highest BCUT2D eigenvalue weighted by Gasteiger charge is 2.37. The molecular formula is C60H70N24O16. The van der Waals surface area contributed by atoms with Gasteiger partial charge in [0, 0.05) is 44.9 Å². The highest BCUT2D eigenvalue weighted by atomic mass is 16.2. The second-order valence-corrected chi connectivity index (χ2v) is 22.7. The van der Waals surface area contributed by atoms with Crippen LogP contribution in [0.15, 0.2) is 136 Å². The van der Waals surface area contributed by atoms with E-state index in [1.165, 1.54) is 85.3 Å². The molecular weight excluding hydrogens is 1310 g/mol. The van der Waals surface area contributed by atoms with Crippen molar-refractivity contribution in [3.05, 3.63) is 187 Å². The molecule has 40 nitrogen and oxygen atoms in total. The molecule has 8 rings (SSSR count). The largest absolute Gasteiger partial charge is 0.370 e. The standard InChI is InChI=1S/C60H70N24O16/c1-29(85)70-38(17-9-20-68-56(64)65)46(88)73-40(24-81-21-18-44(86)80-57(81)97)48(90)72-39(22-30-23-66-28-69-30)47(89)74-42(26-83-53(95)32-11-3-6-14-35(32)78-59(83)99)50(92)76-43(27-84-54(96)33-12-4-7-15-36(33)79-60(84)100)51(93)75-41(49(91)71-37(45(61)87)16-8-19-67-55(62)63)25-82-52(94)31-10-2-5-13-34(31)77-58(82)98/h2-7,10-15,18,21,23,28,37-43H,8-9,16-17,19-20,22,24-27H2,1H3,(H2,61,87)(H,66,69)(H,70,85)(H,71,91)(H,72,90)(H,73,88)(H,74,89)(H,75,93)(H,76,92)(H,77,98)(H,78,99)(H,79,100)(H4,62,63,67)(H4,64,65,68)(H,80,86,97)/t37-,38-,39-,40+,41+,42+,43+/m0/s1. The number of H-pyrrole nitrogens is 5. The molecule has 0 radical (unpaired) electrons. The average Bonchev–Trinajstić information content (AvgIpc) is 0.980. The summed E-state index contributed by atoms with van der Waals surface area (Å²) in [7, 11) is 0. The Bertz CT molecular complexity index is 4970. The number of aromatic amines is 5. The Kier molecular flexibility index (Phi) is 23.8. The second kappa shape index (κ2) is 32.9. The molecule has 100 heavy (non-hydrogen) atoms. The van der Waals surface area contributed by atoms with E-state index in [0.29, 0.717) is 13.7 Å². The molecule has 5 aromatic heterocycles. The zero-order valence-electron chi connectivity index (χ0n) is 53.1. The van der Waals surface area contributed by atoms with Gasteiger partial charge in [-0.3, -0.25) is 91.6 Å². The van der Waals surface area contributed by atoms with Crippen LogP contribution in [0.5, 0.6) is 0 Å². The van der Waals surface area contributed by atoms with Crippen molar-refractivity contribution >= 4 is 91.9 Å². The number of amides is 8. The zero-order valence-corrected chi connectivity index (χ0v) is 53.1. The molecule has 7 atom stereocenters. The summed E-state index contributed by atoms with van der Waals surface area (Å²) in [6, 6.07) is 4.46. The number of nitrogens with one attached hydrogen (secondary N) is 16. The zero-order chi connectivity index (χ0) is 72.5. The summed E-state index contributed by atoms with van der Waals surface area (Å²) in [6.45, 7) is -2.94. The lowest BCUT2D eigenvalue weighted by Crippen LogP contribution is -2.63. The highest BCUT2D eigenvalue weighted by Crippen LogP contribution is 2.10. The van der Waals surface area contributed by atoms with Crippen molar-refractivity contribution < 1.29 is 38.4 Å². The van der Waals surface area contributed by atoms with E-state index in [4.69, 9.17) is 28.0 Å². The first-order valence-corrected chi connectivity index (χ1v) is 30.6. The van der Waals surface area contributed by atoms with Gasteiger partial charge in [-0.2, -0.15) is 0 Å². The smallest absolute Gasteiger partial charge is 0.328 e. The van der Waals surface area contributed by atoms with Gasteiger partial charge in [0.2, 0.25) is 47.3 Å². The molecule has 0 spiro atoms. The van der Waals surface area contributed by atoms with Gasteiger partial charge in [0.25, 0.3) is 22.2 Å². The predicted octanol–water partition coefficient (Wildman–Crippen LogP) is -7.96. The number of hydrogen-bond acceptors (Lipinski definition) is 19. The molecule has 8 aromatic rings. The van der Waals surface area contributed by atoms with Gasteiger partial charge < -0.3 is 85.0 Å². The topological polar surface area (TPSA) is 619 Å². The number of primary amides is 1. The van der Waals surface area contributed by atoms with Gasteiger partial charge in [-0.15, -0.1) is 0 Å². The van der Waals surface area contributed by atoms with Crippen LogP contribution in [0.25, 0.3) is 32.7 Å². The van der Waals surface area contributed by atoms with Crippen LogP contribution < -0.4 is 110 Å². The molecule has 3 aromatic carbocycles. The third-order valence-electron chi connectivity index (χ3n) is 15.5. The second-order valence-electron chi connectivity index (χ2n) is 22.7. The Morgan fingerprint density at radius 1 is 0.460 bits per heavy atom. The summed E-state index contributed by atoms with van der Waals surface area (Å²) >= 11 is 0. The fraction of sp³-hybridized carbons (Fsp3) is 0.317. The maximum Gasteiger partial charge on any atom is 0.328 e. The third kappa shape index (κ3) is 18.8. The minimum atomic E-state index is -2.31. The van der Waals surface area contributed by atoms with Crippen LogP contribution in [0.4, 0.5) is 0 Å². The lowest BCUT2D eigenvalue weighted by atomic mass is 10.1. The van der Waals surface area contributed by atoms with Crippen molar-refractivity contribution in [2.24, 2.45) is 17.2 Å². The lowest BCUT2D eigenvalue weighted by molar-refractivity contribution is -0.136. The van der Waals surface area contributed by atoms with Crippen LogP contribution in [-0.2, 0) is 71.0 Å². The van der Waals surface area contributed by atoms with E-state index in [1.807, 2.05) is 4.98 Å². The summed E-state index contributed by atoms with van der Waals surface area (Å²) in [5.41, 5.74) is 8.22. The first-order chi connectivity index (χ1) is 47.6. The van der Waals surface area contributed by atoms with Crippen LogP contribution in [0, 0.1) is 10.8 Å². The fourth-order valence-electron chi connectivity index (χ4n) is 10.5. The van der Waals surface area contributed by atoms with Crippen molar-refractivity contribution in [1.29, 1.82) is 10.8 Å². The summed E-state index contributed by atoms with van der Waals surface area (Å²) in [4.78, 5) is 241. The van der Waals surface area contributed by atoms with E-state index in [-0.39, 0.29) is 77.2 Å². The number of imidazole rings is 1. The maximum atomic E-state index is 15.5. The number of fused-ring (bicyclic) bond motifs is 3. The van der Waals surface area contributed by atoms with E-state index >= 15 is 14.4 Å². The molecule has 22 N–H and O–H groups in total. The van der Waals surface area contributed by atoms with Gasteiger partial charge in [0.05, 0.1) is 70.9 Å². The van der Waals surface area contributed by atoms with Crippen molar-refractivity contribution in [3.8, 4) is 0 Å². The van der Waals surface area contributed by atoms with Crippen LogP contribution >= 0.6 is 0 Å². The summed E-state index contributed by atoms with van der Waals surface area (Å²) in [5.74, 6) is -10.5. The molecule has 0 saturated carbocycles. The minimum Gasteiger partial charge on any atom is -0.370 e. The van der Waals surface area contributed by atoms with Crippen molar-refractivity contribution in [2.45, 2.75) is 107 Å². The Hall–Kier alpha value is -13.3. The van der Waals surface area contributed by atoms with Gasteiger partial charge >= 0.3 is 22.8 Å². The van der Waals surface area contributed by atoms with E-state index in [2.05, 4.69) is 72.8 Å². The Labute approximate surface area is 559 Å². The number of para-hydroxylation sites is 3. The molecule has 0 bridgehead atoms. The first-order valence-electron chi connectivity index (χ1n) is 30.6. The molecule has 5 heterocycles. The number of aromatic nitrogens is 10. The number of rotatable bonds is 32. The Morgan fingerprint density at radius 2 is 0.830 bits per heavy atom. The minimum absolute atomic E-state index is 0.00647. The average molecular weight is 1380 g/mol. The molecule has 40 heteroatoms. The molecule has 0 aliphatic heterocycles. The lowest BCUT2D eigenvalue weighted by Gasteiger charge is -2.28.